The summed E-state index contributed by atoms with van der Waals surface area (Å²) in [6.07, 6.45) is 42.4. The van der Waals surface area contributed by atoms with Crippen LogP contribution in [0.2, 0.25) is 0 Å². The molecule has 0 heterocycles. The van der Waals surface area contributed by atoms with E-state index in [4.69, 9.17) is 14.2 Å². The predicted octanol–water partition coefficient (Wildman–Crippen LogP) is 15.1. The molecule has 54 heavy (non-hydrogen) atoms. The van der Waals surface area contributed by atoms with Gasteiger partial charge in [0.2, 0.25) is 0 Å². The Hall–Kier alpha value is -1.59. The lowest BCUT2D eigenvalue weighted by Gasteiger charge is -2.18. The minimum Gasteiger partial charge on any atom is -0.462 e. The largest absolute Gasteiger partial charge is 0.462 e. The van der Waals surface area contributed by atoms with Crippen molar-refractivity contribution in [2.24, 2.45) is 5.92 Å². The molecule has 0 aromatic carbocycles. The van der Waals surface area contributed by atoms with Gasteiger partial charge in [-0.25, -0.2) is 0 Å². The van der Waals surface area contributed by atoms with Gasteiger partial charge >= 0.3 is 17.9 Å². The Morgan fingerprint density at radius 3 is 0.907 bits per heavy atom. The molecule has 0 rings (SSSR count). The Bertz CT molecular complexity index is 811. The molecule has 0 amide bonds. The Kier molecular flexibility index (Phi) is 41.3. The van der Waals surface area contributed by atoms with Crippen molar-refractivity contribution < 1.29 is 28.6 Å². The van der Waals surface area contributed by atoms with Crippen molar-refractivity contribution >= 4 is 17.9 Å². The Morgan fingerprint density at radius 2 is 0.611 bits per heavy atom. The maximum Gasteiger partial charge on any atom is 0.306 e. The summed E-state index contributed by atoms with van der Waals surface area (Å²) in [5, 5.41) is 0. The molecule has 0 aliphatic carbocycles. The smallest absolute Gasteiger partial charge is 0.306 e. The molecule has 0 aliphatic heterocycles. The average Bonchev–Trinajstić information content (AvgIpc) is 3.15. The first kappa shape index (κ1) is 52.4. The van der Waals surface area contributed by atoms with E-state index in [1.54, 1.807) is 0 Å². The van der Waals surface area contributed by atoms with E-state index < -0.39 is 6.10 Å². The van der Waals surface area contributed by atoms with Crippen LogP contribution in [-0.4, -0.2) is 37.2 Å². The summed E-state index contributed by atoms with van der Waals surface area (Å²) in [5.74, 6) is -0.0182. The fourth-order valence-electron chi connectivity index (χ4n) is 7.16. The van der Waals surface area contributed by atoms with Crippen LogP contribution < -0.4 is 0 Å². The van der Waals surface area contributed by atoms with Crippen LogP contribution in [-0.2, 0) is 28.6 Å². The highest BCUT2D eigenvalue weighted by Gasteiger charge is 2.19. The molecule has 0 spiro atoms. The highest BCUT2D eigenvalue weighted by Crippen LogP contribution is 2.16. The lowest BCUT2D eigenvalue weighted by atomic mass is 10.0. The summed E-state index contributed by atoms with van der Waals surface area (Å²) >= 11 is 0. The van der Waals surface area contributed by atoms with Gasteiger partial charge in [-0.15, -0.1) is 0 Å². The number of hydrogen-bond donors (Lipinski definition) is 0. The van der Waals surface area contributed by atoms with Crippen LogP contribution in [0.3, 0.4) is 0 Å². The third kappa shape index (κ3) is 41.6. The van der Waals surface area contributed by atoms with E-state index in [0.717, 1.165) is 63.7 Å². The van der Waals surface area contributed by atoms with Gasteiger partial charge in [-0.2, -0.15) is 0 Å². The molecule has 0 unspecified atom stereocenters. The number of hydrogen-bond acceptors (Lipinski definition) is 6. The molecule has 0 bridgehead atoms. The van der Waals surface area contributed by atoms with Gasteiger partial charge in [-0.3, -0.25) is 14.4 Å². The third-order valence-electron chi connectivity index (χ3n) is 10.8. The molecule has 0 aliphatic rings. The second kappa shape index (κ2) is 42.6. The normalized spacial score (nSPS) is 11.9. The maximum atomic E-state index is 12.7. The second-order valence-electron chi connectivity index (χ2n) is 16.9. The predicted molar refractivity (Wildman–Crippen MR) is 229 cm³/mol. The number of esters is 3. The topological polar surface area (TPSA) is 78.9 Å². The maximum absolute atomic E-state index is 12.7. The number of carbonyl (C=O) groups is 3. The average molecular weight is 765 g/mol. The Labute approximate surface area is 336 Å². The first-order valence-electron chi connectivity index (χ1n) is 23.9. The van der Waals surface area contributed by atoms with Gasteiger partial charge in [0.05, 0.1) is 0 Å². The van der Waals surface area contributed by atoms with E-state index in [2.05, 4.69) is 27.7 Å². The fourth-order valence-corrected chi connectivity index (χ4v) is 7.16. The lowest BCUT2D eigenvalue weighted by molar-refractivity contribution is -0.167. The molecule has 0 aromatic heterocycles. The minimum absolute atomic E-state index is 0.0636. The highest BCUT2D eigenvalue weighted by atomic mass is 16.6. The zero-order chi connectivity index (χ0) is 39.6. The van der Waals surface area contributed by atoms with E-state index in [0.29, 0.717) is 19.3 Å². The fraction of sp³-hybridized carbons (Fsp3) is 0.938. The summed E-state index contributed by atoms with van der Waals surface area (Å²) in [4.78, 5) is 37.6. The van der Waals surface area contributed by atoms with Crippen LogP contribution in [0.4, 0.5) is 0 Å². The molecule has 6 heteroatoms. The van der Waals surface area contributed by atoms with Crippen molar-refractivity contribution in [3.8, 4) is 0 Å². The van der Waals surface area contributed by atoms with Crippen molar-refractivity contribution in [1.82, 2.24) is 0 Å². The SMILES string of the molecule is CCCCCCCCCCCCCCCC(=O)OC[C@H](COC(=O)CCCCCCCCC)OC(=O)CCCCCCCCCCCCCCCC(C)C. The molecular formula is C48H92O6. The molecule has 0 aromatic rings. The van der Waals surface area contributed by atoms with E-state index in [9.17, 15) is 14.4 Å². The summed E-state index contributed by atoms with van der Waals surface area (Å²) in [5.41, 5.74) is 0. The first-order valence-corrected chi connectivity index (χ1v) is 23.9. The third-order valence-corrected chi connectivity index (χ3v) is 10.8. The zero-order valence-corrected chi connectivity index (χ0v) is 36.7. The second-order valence-corrected chi connectivity index (χ2v) is 16.9. The molecular weight excluding hydrogens is 673 g/mol. The molecule has 0 saturated carbocycles. The summed E-state index contributed by atoms with van der Waals surface area (Å²) in [6, 6.07) is 0. The van der Waals surface area contributed by atoms with Crippen LogP contribution in [0.15, 0.2) is 0 Å². The van der Waals surface area contributed by atoms with Gasteiger partial charge in [0, 0.05) is 19.3 Å². The van der Waals surface area contributed by atoms with E-state index >= 15 is 0 Å². The summed E-state index contributed by atoms with van der Waals surface area (Å²) < 4.78 is 16.7. The van der Waals surface area contributed by atoms with Crippen LogP contribution in [0, 0.1) is 5.92 Å². The molecule has 1 atom stereocenters. The molecule has 0 fully saturated rings. The van der Waals surface area contributed by atoms with E-state index in [1.165, 1.54) is 161 Å². The van der Waals surface area contributed by atoms with Crippen molar-refractivity contribution in [2.45, 2.75) is 271 Å². The number of unbranched alkanes of at least 4 members (excludes halogenated alkanes) is 30. The van der Waals surface area contributed by atoms with Gasteiger partial charge in [-0.05, 0) is 25.2 Å². The minimum atomic E-state index is -0.758. The highest BCUT2D eigenvalue weighted by molar-refractivity contribution is 5.71. The van der Waals surface area contributed by atoms with Crippen molar-refractivity contribution in [3.63, 3.8) is 0 Å². The zero-order valence-electron chi connectivity index (χ0n) is 36.7. The summed E-state index contributed by atoms with van der Waals surface area (Å²) in [7, 11) is 0. The molecule has 6 nitrogen and oxygen atoms in total. The van der Waals surface area contributed by atoms with Crippen molar-refractivity contribution in [3.05, 3.63) is 0 Å². The molecule has 320 valence electrons. The monoisotopic (exact) mass is 765 g/mol. The first-order chi connectivity index (χ1) is 26.4. The van der Waals surface area contributed by atoms with Gasteiger partial charge < -0.3 is 14.2 Å². The van der Waals surface area contributed by atoms with Crippen molar-refractivity contribution in [1.29, 1.82) is 0 Å². The molecule has 0 radical (unpaired) electrons. The van der Waals surface area contributed by atoms with Gasteiger partial charge in [-0.1, -0.05) is 227 Å². The van der Waals surface area contributed by atoms with Crippen LogP contribution in [0.5, 0.6) is 0 Å². The van der Waals surface area contributed by atoms with Gasteiger partial charge in [0.1, 0.15) is 13.2 Å². The number of rotatable bonds is 43. The number of ether oxygens (including phenoxy) is 3. The Morgan fingerprint density at radius 1 is 0.352 bits per heavy atom. The van der Waals surface area contributed by atoms with Crippen LogP contribution in [0.1, 0.15) is 265 Å². The Balaban J connectivity index is 4.24. The standard InChI is InChI=1S/C48H92O6/c1-5-7-9-11-13-14-15-17-21-24-28-32-36-40-47(50)53-43-45(42-52-46(49)39-35-31-26-12-10-8-6-2)54-48(51)41-37-33-29-25-22-19-16-18-20-23-27-30-34-38-44(3)4/h44-45H,5-43H2,1-4H3/t45-/m0/s1. The lowest BCUT2D eigenvalue weighted by Crippen LogP contribution is -2.30. The summed E-state index contributed by atoms with van der Waals surface area (Å²) in [6.45, 7) is 8.97. The van der Waals surface area contributed by atoms with Crippen LogP contribution in [0.25, 0.3) is 0 Å². The van der Waals surface area contributed by atoms with Gasteiger partial charge in [0.25, 0.3) is 0 Å². The van der Waals surface area contributed by atoms with Crippen molar-refractivity contribution in [2.75, 3.05) is 13.2 Å². The molecule has 0 N–H and O–H groups in total. The molecule has 0 saturated heterocycles. The van der Waals surface area contributed by atoms with E-state index in [-0.39, 0.29) is 31.1 Å². The van der Waals surface area contributed by atoms with E-state index in [1.807, 2.05) is 0 Å². The van der Waals surface area contributed by atoms with Gasteiger partial charge in [0.15, 0.2) is 6.10 Å². The number of carbonyl (C=O) groups excluding carboxylic acids is 3. The van der Waals surface area contributed by atoms with Crippen LogP contribution >= 0.6 is 0 Å². The quantitative estimate of drug-likeness (QED) is 0.0349.